The summed E-state index contributed by atoms with van der Waals surface area (Å²) < 4.78 is 27.4. The van der Waals surface area contributed by atoms with Crippen LogP contribution in [0.4, 0.5) is 14.9 Å². The fraction of sp³-hybridized carbons (Fsp3) is 0.536. The highest BCUT2D eigenvalue weighted by Crippen LogP contribution is 2.41. The number of methoxy groups -OCH3 is 1. The van der Waals surface area contributed by atoms with Gasteiger partial charge in [-0.3, -0.25) is 4.79 Å². The van der Waals surface area contributed by atoms with Gasteiger partial charge in [-0.25, -0.2) is 14.0 Å². The lowest BCUT2D eigenvalue weighted by Crippen LogP contribution is -2.42. The summed E-state index contributed by atoms with van der Waals surface area (Å²) in [6.45, 7) is 10.4. The molecule has 37 heavy (non-hydrogen) atoms. The number of carbonyl (C=O) groups excluding carboxylic acids is 2. The van der Waals surface area contributed by atoms with Gasteiger partial charge in [-0.2, -0.15) is 0 Å². The molecular weight excluding hydrogens is 477 g/mol. The molecule has 2 aromatic rings. The van der Waals surface area contributed by atoms with Gasteiger partial charge in [0.1, 0.15) is 11.4 Å². The zero-order valence-electron chi connectivity index (χ0n) is 22.2. The van der Waals surface area contributed by atoms with E-state index in [-0.39, 0.29) is 23.6 Å². The average molecular weight is 512 g/mol. The number of pyridine rings is 1. The molecule has 1 aliphatic heterocycles. The molecule has 1 aliphatic carbocycles. The van der Waals surface area contributed by atoms with Gasteiger partial charge in [-0.15, -0.1) is 0 Å². The Morgan fingerprint density at radius 2 is 1.92 bits per heavy atom. The molecule has 1 N–H and O–H groups in total. The number of carbonyl (C=O) groups is 2. The lowest BCUT2D eigenvalue weighted by molar-refractivity contribution is -0.133. The molecule has 2 heterocycles. The maximum Gasteiger partial charge on any atom is 0.407 e. The van der Waals surface area contributed by atoms with E-state index in [0.29, 0.717) is 40.8 Å². The average Bonchev–Trinajstić information content (AvgIpc) is 3.52. The summed E-state index contributed by atoms with van der Waals surface area (Å²) in [4.78, 5) is 38.9. The molecule has 1 aromatic heterocycles. The Balaban J connectivity index is 1.69. The van der Waals surface area contributed by atoms with Gasteiger partial charge >= 0.3 is 12.1 Å². The highest BCUT2D eigenvalue weighted by molar-refractivity contribution is 5.95. The van der Waals surface area contributed by atoms with Crippen LogP contribution in [-0.4, -0.2) is 48.5 Å². The summed E-state index contributed by atoms with van der Waals surface area (Å²) in [5.41, 5.74) is 1.24. The van der Waals surface area contributed by atoms with E-state index in [1.807, 2.05) is 39.5 Å². The van der Waals surface area contributed by atoms with E-state index in [1.54, 1.807) is 4.57 Å². The number of rotatable bonds is 4. The van der Waals surface area contributed by atoms with E-state index >= 15 is 4.39 Å². The van der Waals surface area contributed by atoms with Crippen molar-refractivity contribution in [2.24, 2.45) is 5.92 Å². The second-order valence-corrected chi connectivity index (χ2v) is 10.9. The third-order valence-corrected chi connectivity index (χ3v) is 6.89. The first-order chi connectivity index (χ1) is 17.4. The van der Waals surface area contributed by atoms with Gasteiger partial charge in [0.05, 0.1) is 18.3 Å². The van der Waals surface area contributed by atoms with Crippen LogP contribution >= 0.6 is 0 Å². The summed E-state index contributed by atoms with van der Waals surface area (Å²) in [6.07, 6.45) is 2.07. The zero-order valence-corrected chi connectivity index (χ0v) is 22.2. The number of anilines is 1. The molecule has 2 atom stereocenters. The normalized spacial score (nSPS) is 18.2. The number of halogens is 1. The number of nitrogens with zero attached hydrogens (tertiary/aromatic N) is 2. The van der Waals surface area contributed by atoms with E-state index in [2.05, 4.69) is 21.9 Å². The van der Waals surface area contributed by atoms with Crippen LogP contribution in [0.25, 0.3) is 10.9 Å². The fourth-order valence-corrected chi connectivity index (χ4v) is 5.02. The van der Waals surface area contributed by atoms with E-state index in [1.165, 1.54) is 19.2 Å². The van der Waals surface area contributed by atoms with Crippen molar-refractivity contribution >= 4 is 28.7 Å². The smallest absolute Gasteiger partial charge is 0.407 e. The zero-order chi connectivity index (χ0) is 27.1. The fourth-order valence-electron chi connectivity index (χ4n) is 5.02. The van der Waals surface area contributed by atoms with Crippen molar-refractivity contribution in [2.75, 3.05) is 25.1 Å². The SMILES string of the molecule is COC(=O)C#Cc1cc(=O)n(C2CC2)c2c(C)c(N3CCC([C@H](C)NC(=O)OC(C)(C)C)C3)c(F)cc12. The van der Waals surface area contributed by atoms with Crippen LogP contribution in [0.3, 0.4) is 0 Å². The lowest BCUT2D eigenvalue weighted by Gasteiger charge is -2.27. The van der Waals surface area contributed by atoms with E-state index in [0.717, 1.165) is 19.3 Å². The number of aromatic nitrogens is 1. The van der Waals surface area contributed by atoms with E-state index in [9.17, 15) is 14.4 Å². The standard InChI is InChI=1S/C28H34FN3O5/c1-16-25-21(18(7-10-24(34)36-6)13-23(33)32(25)20-8-9-20)14-22(29)26(16)31-12-11-19(15-31)17(2)30-27(35)37-28(3,4)5/h13-14,17,19-20H,8-9,11-12,15H2,1-6H3,(H,30,35)/t17-,19?/m0/s1. The minimum absolute atomic E-state index is 0.0685. The number of fused-ring (bicyclic) bond motifs is 1. The number of hydrogen-bond acceptors (Lipinski definition) is 6. The topological polar surface area (TPSA) is 89.9 Å². The maximum atomic E-state index is 15.7. The van der Waals surface area contributed by atoms with Crippen LogP contribution in [-0.2, 0) is 14.3 Å². The molecule has 2 aliphatic rings. The Hall–Kier alpha value is -3.54. The molecule has 2 fully saturated rings. The number of nitrogens with one attached hydrogen (secondary N) is 1. The number of aryl methyl sites for hydroxylation is 1. The second kappa shape index (κ2) is 10.1. The largest absolute Gasteiger partial charge is 0.459 e. The Bertz CT molecular complexity index is 1360. The van der Waals surface area contributed by atoms with Crippen LogP contribution in [0, 0.1) is 30.5 Å². The van der Waals surface area contributed by atoms with Crippen LogP contribution < -0.4 is 15.8 Å². The summed E-state index contributed by atoms with van der Waals surface area (Å²) in [7, 11) is 1.23. The number of esters is 1. The quantitative estimate of drug-likeness (QED) is 0.492. The molecule has 0 bridgehead atoms. The highest BCUT2D eigenvalue weighted by atomic mass is 19.1. The minimum atomic E-state index is -0.731. The van der Waals surface area contributed by atoms with Crippen molar-refractivity contribution < 1.29 is 23.5 Å². The molecule has 1 saturated heterocycles. The van der Waals surface area contributed by atoms with Gasteiger partial charge in [0.2, 0.25) is 0 Å². The van der Waals surface area contributed by atoms with Crippen molar-refractivity contribution in [3.8, 4) is 11.8 Å². The third-order valence-electron chi connectivity index (χ3n) is 6.89. The molecule has 8 nitrogen and oxygen atoms in total. The Kier molecular flexibility index (Phi) is 7.22. The molecule has 0 spiro atoms. The number of hydrogen-bond donors (Lipinski definition) is 1. The van der Waals surface area contributed by atoms with Crippen molar-refractivity contribution in [1.82, 2.24) is 9.88 Å². The number of amides is 1. The number of alkyl carbamates (subject to hydrolysis) is 1. The Morgan fingerprint density at radius 3 is 2.54 bits per heavy atom. The van der Waals surface area contributed by atoms with Gasteiger partial charge in [0.25, 0.3) is 5.56 Å². The van der Waals surface area contributed by atoms with Crippen molar-refractivity contribution in [2.45, 2.75) is 71.6 Å². The summed E-state index contributed by atoms with van der Waals surface area (Å²) in [6, 6.07) is 2.69. The molecule has 1 amide bonds. The van der Waals surface area contributed by atoms with Crippen LogP contribution in [0.2, 0.25) is 0 Å². The van der Waals surface area contributed by atoms with Crippen LogP contribution in [0.5, 0.6) is 0 Å². The first-order valence-electron chi connectivity index (χ1n) is 12.6. The monoisotopic (exact) mass is 511 g/mol. The van der Waals surface area contributed by atoms with Gasteiger partial charge in [0.15, 0.2) is 0 Å². The van der Waals surface area contributed by atoms with Gasteiger partial charge < -0.3 is 24.3 Å². The molecule has 1 aromatic carbocycles. The second-order valence-electron chi connectivity index (χ2n) is 10.9. The molecule has 1 unspecified atom stereocenters. The number of benzene rings is 1. The van der Waals surface area contributed by atoms with E-state index in [4.69, 9.17) is 4.74 Å². The first-order valence-corrected chi connectivity index (χ1v) is 12.6. The molecular formula is C28H34FN3O5. The van der Waals surface area contributed by atoms with Gasteiger partial charge in [-0.1, -0.05) is 5.92 Å². The first kappa shape index (κ1) is 26.5. The predicted octanol–water partition coefficient (Wildman–Crippen LogP) is 4.05. The predicted molar refractivity (Wildman–Crippen MR) is 139 cm³/mol. The summed E-state index contributed by atoms with van der Waals surface area (Å²) >= 11 is 0. The molecule has 1 saturated carbocycles. The Morgan fingerprint density at radius 1 is 1.22 bits per heavy atom. The highest BCUT2D eigenvalue weighted by Gasteiger charge is 2.33. The van der Waals surface area contributed by atoms with Gasteiger partial charge in [-0.05, 0) is 71.4 Å². The Labute approximate surface area is 216 Å². The van der Waals surface area contributed by atoms with E-state index < -0.39 is 23.5 Å². The van der Waals surface area contributed by atoms with Crippen LogP contribution in [0.15, 0.2) is 16.9 Å². The van der Waals surface area contributed by atoms with Gasteiger partial charge in [0, 0.05) is 48.1 Å². The van der Waals surface area contributed by atoms with Crippen molar-refractivity contribution in [3.05, 3.63) is 39.4 Å². The third kappa shape index (κ3) is 5.74. The lowest BCUT2D eigenvalue weighted by atomic mass is 10.0. The molecule has 4 rings (SSSR count). The summed E-state index contributed by atoms with van der Waals surface area (Å²) in [5, 5.41) is 3.40. The van der Waals surface area contributed by atoms with Crippen LogP contribution in [0.1, 0.15) is 64.1 Å². The van der Waals surface area contributed by atoms with Crippen molar-refractivity contribution in [3.63, 3.8) is 0 Å². The molecule has 198 valence electrons. The maximum absolute atomic E-state index is 15.7. The molecule has 0 radical (unpaired) electrons. The summed E-state index contributed by atoms with van der Waals surface area (Å²) in [5.74, 6) is 4.00. The van der Waals surface area contributed by atoms with Crippen molar-refractivity contribution in [1.29, 1.82) is 0 Å². The molecule has 9 heteroatoms. The minimum Gasteiger partial charge on any atom is -0.459 e. The number of ether oxygens (including phenoxy) is 2.